The molecule has 4 aromatic rings. The second-order valence-electron chi connectivity index (χ2n) is 7.97. The van der Waals surface area contributed by atoms with Crippen molar-refractivity contribution in [1.82, 2.24) is 20.3 Å². The summed E-state index contributed by atoms with van der Waals surface area (Å²) in [7, 11) is -3.84. The van der Waals surface area contributed by atoms with Crippen LogP contribution in [0.25, 0.3) is 22.4 Å². The van der Waals surface area contributed by atoms with Crippen molar-refractivity contribution in [1.29, 1.82) is 0 Å². The summed E-state index contributed by atoms with van der Waals surface area (Å²) in [6.07, 6.45) is 1.29. The Morgan fingerprint density at radius 2 is 1.64 bits per heavy atom. The minimum atomic E-state index is -3.84. The highest BCUT2D eigenvalue weighted by Crippen LogP contribution is 2.35. The van der Waals surface area contributed by atoms with Gasteiger partial charge in [-0.3, -0.25) is 0 Å². The zero-order valence-electron chi connectivity index (χ0n) is 17.7. The average Bonchev–Trinajstić information content (AvgIpc) is 3.28. The fraction of sp³-hybridized carbons (Fsp3) is 0.250. The fourth-order valence-electron chi connectivity index (χ4n) is 3.99. The Morgan fingerprint density at radius 1 is 0.970 bits per heavy atom. The SMILES string of the molecule is O=S(=O)(c1ccccc1)C(OC1CCNCC1)c1cc2c(Cl)nc(-c3ccccc3)nc2[nH]1. The molecule has 0 spiro atoms. The Labute approximate surface area is 197 Å². The first-order chi connectivity index (χ1) is 16.0. The number of nitrogens with one attached hydrogen (secondary N) is 2. The van der Waals surface area contributed by atoms with Crippen LogP contribution in [0.3, 0.4) is 0 Å². The molecule has 1 atom stereocenters. The zero-order valence-corrected chi connectivity index (χ0v) is 19.3. The zero-order chi connectivity index (χ0) is 22.8. The molecule has 7 nitrogen and oxygen atoms in total. The van der Waals surface area contributed by atoms with Crippen LogP contribution in [-0.2, 0) is 14.6 Å². The highest BCUT2D eigenvalue weighted by atomic mass is 35.5. The Balaban J connectivity index is 1.59. The number of H-pyrrole nitrogens is 1. The number of aromatic amines is 1. The van der Waals surface area contributed by atoms with Crippen LogP contribution in [0.5, 0.6) is 0 Å². The maximum absolute atomic E-state index is 13.6. The third-order valence-electron chi connectivity index (χ3n) is 5.70. The Morgan fingerprint density at radius 3 is 2.33 bits per heavy atom. The summed E-state index contributed by atoms with van der Waals surface area (Å²) < 4.78 is 33.5. The molecule has 0 radical (unpaired) electrons. The van der Waals surface area contributed by atoms with E-state index in [2.05, 4.69) is 20.3 Å². The summed E-state index contributed by atoms with van der Waals surface area (Å²) in [4.78, 5) is 12.4. The number of piperidine rings is 1. The van der Waals surface area contributed by atoms with E-state index >= 15 is 0 Å². The summed E-state index contributed by atoms with van der Waals surface area (Å²) in [6, 6.07) is 19.5. The van der Waals surface area contributed by atoms with Crippen molar-refractivity contribution in [3.63, 3.8) is 0 Å². The molecule has 1 fully saturated rings. The van der Waals surface area contributed by atoms with Crippen molar-refractivity contribution < 1.29 is 13.2 Å². The van der Waals surface area contributed by atoms with E-state index in [1.54, 1.807) is 36.4 Å². The van der Waals surface area contributed by atoms with Gasteiger partial charge in [-0.1, -0.05) is 60.1 Å². The van der Waals surface area contributed by atoms with Gasteiger partial charge in [0.25, 0.3) is 0 Å². The van der Waals surface area contributed by atoms with Gasteiger partial charge in [-0.2, -0.15) is 0 Å². The van der Waals surface area contributed by atoms with Crippen molar-refractivity contribution in [3.8, 4) is 11.4 Å². The lowest BCUT2D eigenvalue weighted by Crippen LogP contribution is -2.34. The molecule has 1 aliphatic heterocycles. The van der Waals surface area contributed by atoms with Crippen molar-refractivity contribution in [2.45, 2.75) is 29.3 Å². The molecule has 3 heterocycles. The van der Waals surface area contributed by atoms with E-state index in [0.717, 1.165) is 31.5 Å². The molecule has 1 saturated heterocycles. The summed E-state index contributed by atoms with van der Waals surface area (Å²) in [6.45, 7) is 1.57. The second kappa shape index (κ2) is 9.23. The Hall–Kier alpha value is -2.78. The van der Waals surface area contributed by atoms with Gasteiger partial charge >= 0.3 is 0 Å². The molecule has 33 heavy (non-hydrogen) atoms. The van der Waals surface area contributed by atoms with Gasteiger partial charge in [0.2, 0.25) is 15.3 Å². The molecule has 0 bridgehead atoms. The minimum Gasteiger partial charge on any atom is -0.352 e. The van der Waals surface area contributed by atoms with Crippen LogP contribution in [0.4, 0.5) is 0 Å². The van der Waals surface area contributed by atoms with E-state index in [1.807, 2.05) is 30.3 Å². The van der Waals surface area contributed by atoms with Crippen molar-refractivity contribution in [3.05, 3.63) is 77.6 Å². The first-order valence-electron chi connectivity index (χ1n) is 10.8. The van der Waals surface area contributed by atoms with E-state index in [9.17, 15) is 8.42 Å². The number of hydrogen-bond acceptors (Lipinski definition) is 6. The van der Waals surface area contributed by atoms with Crippen molar-refractivity contribution >= 4 is 32.5 Å². The van der Waals surface area contributed by atoms with Gasteiger partial charge in [0, 0.05) is 5.56 Å². The monoisotopic (exact) mass is 482 g/mol. The molecule has 170 valence electrons. The second-order valence-corrected chi connectivity index (χ2v) is 10.3. The molecule has 9 heteroatoms. The summed E-state index contributed by atoms with van der Waals surface area (Å²) >= 11 is 6.48. The summed E-state index contributed by atoms with van der Waals surface area (Å²) in [5, 5.41) is 4.07. The first-order valence-corrected chi connectivity index (χ1v) is 12.7. The molecule has 2 N–H and O–H groups in total. The van der Waals surface area contributed by atoms with Gasteiger partial charge in [-0.25, -0.2) is 18.4 Å². The Bertz CT molecular complexity index is 1350. The van der Waals surface area contributed by atoms with E-state index < -0.39 is 15.3 Å². The van der Waals surface area contributed by atoms with Gasteiger partial charge in [0.15, 0.2) is 5.82 Å². The topological polar surface area (TPSA) is 97.0 Å². The van der Waals surface area contributed by atoms with E-state index in [4.69, 9.17) is 16.3 Å². The summed E-state index contributed by atoms with van der Waals surface area (Å²) in [5.74, 6) is 0.461. The molecule has 1 unspecified atom stereocenters. The predicted octanol–water partition coefficient (Wildman–Crippen LogP) is 4.52. The van der Waals surface area contributed by atoms with E-state index in [0.29, 0.717) is 22.6 Å². The van der Waals surface area contributed by atoms with Gasteiger partial charge in [0.05, 0.1) is 22.1 Å². The standard InChI is InChI=1S/C24H23ClN4O3S/c25-21-19-15-20(27-23(19)29-22(28-21)16-7-3-1-4-8-16)24(32-17-11-13-26-14-12-17)33(30,31)18-9-5-2-6-10-18/h1-10,15,17,24,26H,11-14H2,(H,27,28,29). The van der Waals surface area contributed by atoms with E-state index in [1.165, 1.54) is 0 Å². The number of sulfone groups is 1. The number of nitrogens with zero attached hydrogens (tertiary/aromatic N) is 2. The molecule has 0 aliphatic carbocycles. The van der Waals surface area contributed by atoms with Crippen LogP contribution in [0, 0.1) is 0 Å². The lowest BCUT2D eigenvalue weighted by atomic mass is 10.1. The maximum atomic E-state index is 13.6. The van der Waals surface area contributed by atoms with Crippen LogP contribution in [0.1, 0.15) is 24.0 Å². The average molecular weight is 483 g/mol. The minimum absolute atomic E-state index is 0.178. The number of hydrogen-bond donors (Lipinski definition) is 2. The maximum Gasteiger partial charge on any atom is 0.211 e. The van der Waals surface area contributed by atoms with Crippen LogP contribution < -0.4 is 5.32 Å². The quantitative estimate of drug-likeness (QED) is 0.392. The number of benzene rings is 2. The molecular formula is C24H23ClN4O3S. The van der Waals surface area contributed by atoms with Gasteiger partial charge in [0.1, 0.15) is 10.8 Å². The molecule has 2 aromatic carbocycles. The van der Waals surface area contributed by atoms with Gasteiger partial charge in [-0.05, 0) is 44.1 Å². The van der Waals surface area contributed by atoms with Crippen LogP contribution >= 0.6 is 11.6 Å². The third-order valence-corrected chi connectivity index (χ3v) is 7.85. The van der Waals surface area contributed by atoms with E-state index in [-0.39, 0.29) is 16.2 Å². The van der Waals surface area contributed by atoms with Gasteiger partial charge < -0.3 is 15.0 Å². The number of halogens is 1. The number of aromatic nitrogens is 3. The van der Waals surface area contributed by atoms with Crippen LogP contribution in [0.2, 0.25) is 5.15 Å². The number of rotatable bonds is 6. The largest absolute Gasteiger partial charge is 0.352 e. The molecule has 0 amide bonds. The molecule has 5 rings (SSSR count). The van der Waals surface area contributed by atoms with Crippen LogP contribution in [0.15, 0.2) is 71.6 Å². The number of ether oxygens (including phenoxy) is 1. The third kappa shape index (κ3) is 4.52. The lowest BCUT2D eigenvalue weighted by Gasteiger charge is -2.27. The molecular weight excluding hydrogens is 460 g/mol. The lowest BCUT2D eigenvalue weighted by molar-refractivity contribution is 0.00962. The normalized spacial score (nSPS) is 16.2. The van der Waals surface area contributed by atoms with Crippen molar-refractivity contribution in [2.24, 2.45) is 0 Å². The summed E-state index contributed by atoms with van der Waals surface area (Å²) in [5.41, 5.74) is 0.449. The predicted molar refractivity (Wildman–Crippen MR) is 128 cm³/mol. The van der Waals surface area contributed by atoms with Crippen molar-refractivity contribution in [2.75, 3.05) is 13.1 Å². The highest BCUT2D eigenvalue weighted by Gasteiger charge is 2.34. The smallest absolute Gasteiger partial charge is 0.211 e. The van der Waals surface area contributed by atoms with Gasteiger partial charge in [-0.15, -0.1) is 0 Å². The number of fused-ring (bicyclic) bond motifs is 1. The highest BCUT2D eigenvalue weighted by molar-refractivity contribution is 7.91. The molecule has 2 aromatic heterocycles. The first kappa shape index (κ1) is 22.0. The van der Waals surface area contributed by atoms with Crippen LogP contribution in [-0.4, -0.2) is 42.6 Å². The molecule has 0 saturated carbocycles. The fourth-order valence-corrected chi connectivity index (χ4v) is 5.76. The Kier molecular flexibility index (Phi) is 6.16. The molecule has 1 aliphatic rings.